The van der Waals surface area contributed by atoms with Crippen LogP contribution in [0.5, 0.6) is 5.75 Å². The van der Waals surface area contributed by atoms with Crippen LogP contribution in [0.1, 0.15) is 48.7 Å². The molecule has 0 fully saturated rings. The van der Waals surface area contributed by atoms with Gasteiger partial charge in [-0.2, -0.15) is 0 Å². The number of primary amides is 1. The number of carbonyl (C=O) groups is 6. The van der Waals surface area contributed by atoms with Gasteiger partial charge in [-0.25, -0.2) is 9.59 Å². The van der Waals surface area contributed by atoms with Crippen molar-refractivity contribution in [1.82, 2.24) is 9.80 Å². The van der Waals surface area contributed by atoms with Crippen LogP contribution in [0.15, 0.2) is 64.6 Å². The van der Waals surface area contributed by atoms with E-state index in [1.807, 2.05) is 0 Å². The number of hydrogen-bond donors (Lipinski definition) is 7. The number of ether oxygens (including phenoxy) is 1. The number of aliphatic hydroxyl groups is 3. The molecule has 0 heterocycles. The standard InChI is InChI=1S/C40H47N5O12/c1-39(2,3)45(38(55)57-18-21(37(53)54)13-19-11-9-8-10-12-19)17-26(46)42-24-16-25(43(4)5)22-14-20-15-23-30(44(6)7)33(49)29(36(41)52)35(51)40(23,56)34(50)27(20)32(48)28(22)31(24)47/h8-13,16,20,23,30,47,49-50,56H,14-15,17-18H2,1-7H3,(H2,41,52)(H,42,46)(H,53,54)/t20-,23-,30-,40-/m0/s1. The monoisotopic (exact) mass is 789 g/mol. The number of carboxylic acid groups (broad SMARTS) is 1. The average Bonchev–Trinajstić information content (AvgIpc) is 3.11. The Labute approximate surface area is 328 Å². The number of carbonyl (C=O) groups excluding carboxylic acids is 5. The first-order valence-corrected chi connectivity index (χ1v) is 18.0. The number of aromatic hydroxyl groups is 1. The minimum atomic E-state index is -2.83. The molecule has 0 aliphatic heterocycles. The predicted octanol–water partition coefficient (Wildman–Crippen LogP) is 2.53. The first kappa shape index (κ1) is 42.0. The van der Waals surface area contributed by atoms with E-state index in [-0.39, 0.29) is 35.2 Å². The summed E-state index contributed by atoms with van der Waals surface area (Å²) in [7, 11) is 6.40. The van der Waals surface area contributed by atoms with Gasteiger partial charge in [0.15, 0.2) is 17.1 Å². The molecular weight excluding hydrogens is 742 g/mol. The van der Waals surface area contributed by atoms with Crippen LogP contribution in [-0.4, -0.2) is 129 Å². The zero-order valence-corrected chi connectivity index (χ0v) is 32.6. The number of benzene rings is 2. The van der Waals surface area contributed by atoms with Gasteiger partial charge in [0, 0.05) is 36.8 Å². The lowest BCUT2D eigenvalue weighted by Crippen LogP contribution is -2.63. The molecule has 2 aromatic rings. The zero-order chi connectivity index (χ0) is 42.5. The third kappa shape index (κ3) is 7.55. The van der Waals surface area contributed by atoms with E-state index in [9.17, 15) is 54.3 Å². The summed E-state index contributed by atoms with van der Waals surface area (Å²) in [5.74, 6) is -10.2. The van der Waals surface area contributed by atoms with Crippen molar-refractivity contribution in [3.63, 3.8) is 0 Å². The van der Waals surface area contributed by atoms with E-state index in [4.69, 9.17) is 10.5 Å². The maximum atomic E-state index is 14.4. The summed E-state index contributed by atoms with van der Waals surface area (Å²) < 4.78 is 5.34. The molecule has 0 saturated carbocycles. The van der Waals surface area contributed by atoms with Gasteiger partial charge in [0.25, 0.3) is 5.91 Å². The number of rotatable bonds is 10. The second-order valence-corrected chi connectivity index (χ2v) is 15.7. The van der Waals surface area contributed by atoms with E-state index in [1.54, 1.807) is 70.1 Å². The number of ketones is 2. The van der Waals surface area contributed by atoms with Gasteiger partial charge < -0.3 is 46.2 Å². The number of Topliss-reactive ketones (excluding diaryl/α,β-unsaturated/α-hetero) is 2. The van der Waals surface area contributed by atoms with E-state index in [2.05, 4.69) is 5.32 Å². The van der Waals surface area contributed by atoms with Crippen LogP contribution in [0.4, 0.5) is 16.2 Å². The van der Waals surface area contributed by atoms with Gasteiger partial charge in [-0.1, -0.05) is 30.3 Å². The molecule has 3 amide bonds. The molecule has 4 atom stereocenters. The third-order valence-electron chi connectivity index (χ3n) is 10.6. The van der Waals surface area contributed by atoms with Crippen LogP contribution >= 0.6 is 0 Å². The highest BCUT2D eigenvalue weighted by Gasteiger charge is 2.63. The number of nitrogens with one attached hydrogen (secondary N) is 1. The molecule has 0 spiro atoms. The highest BCUT2D eigenvalue weighted by Crippen LogP contribution is 2.54. The molecule has 8 N–H and O–H groups in total. The molecule has 0 aromatic heterocycles. The zero-order valence-electron chi connectivity index (χ0n) is 32.6. The molecule has 3 aliphatic rings. The second kappa shape index (κ2) is 15.4. The fourth-order valence-electron chi connectivity index (χ4n) is 7.84. The van der Waals surface area contributed by atoms with E-state index in [1.165, 1.54) is 31.1 Å². The van der Waals surface area contributed by atoms with Crippen molar-refractivity contribution >= 4 is 52.9 Å². The van der Waals surface area contributed by atoms with Gasteiger partial charge in [0.05, 0.1) is 22.9 Å². The van der Waals surface area contributed by atoms with Gasteiger partial charge >= 0.3 is 12.1 Å². The van der Waals surface area contributed by atoms with Crippen LogP contribution < -0.4 is 16.0 Å². The number of aliphatic hydroxyl groups excluding tert-OH is 2. The Morgan fingerprint density at radius 3 is 2.21 bits per heavy atom. The van der Waals surface area contributed by atoms with Gasteiger partial charge in [-0.15, -0.1) is 0 Å². The Morgan fingerprint density at radius 2 is 1.67 bits per heavy atom. The van der Waals surface area contributed by atoms with Crippen molar-refractivity contribution in [2.75, 3.05) is 51.6 Å². The number of likely N-dealkylation sites (N-methyl/N-ethyl adjacent to an activating group) is 1. The Kier molecular flexibility index (Phi) is 11.3. The molecule has 17 nitrogen and oxygen atoms in total. The van der Waals surface area contributed by atoms with E-state index < -0.39 is 100 Å². The average molecular weight is 790 g/mol. The smallest absolute Gasteiger partial charge is 0.411 e. The SMILES string of the molecule is CN(C)c1cc(NC(=O)CN(C(=O)OCC(=Cc2ccccc2)C(=O)O)C(C)(C)C)c(O)c2c1C[C@H]1C[C@H]3[C@H](N(C)C)C(O)=C(C(N)=O)C(=O)[C@@]3(O)C(O)=C1C2=O. The number of allylic oxidation sites excluding steroid dienone is 1. The van der Waals surface area contributed by atoms with Crippen molar-refractivity contribution in [2.24, 2.45) is 17.6 Å². The van der Waals surface area contributed by atoms with Gasteiger partial charge in [0.1, 0.15) is 30.2 Å². The van der Waals surface area contributed by atoms with Crippen molar-refractivity contribution in [3.05, 3.63) is 81.3 Å². The first-order valence-electron chi connectivity index (χ1n) is 18.0. The lowest BCUT2D eigenvalue weighted by atomic mass is 9.58. The number of carboxylic acids is 1. The van der Waals surface area contributed by atoms with Crippen molar-refractivity contribution in [3.8, 4) is 5.75 Å². The van der Waals surface area contributed by atoms with E-state index in [0.717, 1.165) is 4.90 Å². The Balaban J connectivity index is 1.48. The molecule has 57 heavy (non-hydrogen) atoms. The summed E-state index contributed by atoms with van der Waals surface area (Å²) in [6.45, 7) is 3.63. The molecule has 3 aliphatic carbocycles. The second-order valence-electron chi connectivity index (χ2n) is 15.7. The molecule has 304 valence electrons. The molecule has 0 unspecified atom stereocenters. The summed E-state index contributed by atoms with van der Waals surface area (Å²) in [6, 6.07) is 8.83. The van der Waals surface area contributed by atoms with Crippen LogP contribution in [0.2, 0.25) is 0 Å². The highest BCUT2D eigenvalue weighted by atomic mass is 16.6. The lowest BCUT2D eigenvalue weighted by Gasteiger charge is -2.50. The Morgan fingerprint density at radius 1 is 1.04 bits per heavy atom. The molecule has 2 aromatic carbocycles. The predicted molar refractivity (Wildman–Crippen MR) is 206 cm³/mol. The topological polar surface area (TPSA) is 261 Å². The summed E-state index contributed by atoms with van der Waals surface area (Å²) in [5.41, 5.74) is 0.786. The number of anilines is 2. The van der Waals surface area contributed by atoms with E-state index >= 15 is 0 Å². The molecular formula is C40H47N5O12. The molecule has 0 bridgehead atoms. The van der Waals surface area contributed by atoms with Crippen LogP contribution in [0.3, 0.4) is 0 Å². The fraction of sp³-hybridized carbons (Fsp3) is 0.400. The van der Waals surface area contributed by atoms with Crippen LogP contribution in [0.25, 0.3) is 6.08 Å². The Hall–Kier alpha value is -6.20. The first-order chi connectivity index (χ1) is 26.5. The maximum Gasteiger partial charge on any atom is 0.411 e. The van der Waals surface area contributed by atoms with Gasteiger partial charge in [-0.3, -0.25) is 29.0 Å². The molecule has 0 radical (unpaired) electrons. The number of amides is 3. The van der Waals surface area contributed by atoms with Crippen LogP contribution in [0, 0.1) is 11.8 Å². The number of hydrogen-bond acceptors (Lipinski definition) is 13. The minimum absolute atomic E-state index is 0.0184. The van der Waals surface area contributed by atoms with Crippen molar-refractivity contribution in [2.45, 2.75) is 50.8 Å². The normalized spacial score (nSPS) is 22.1. The highest BCUT2D eigenvalue weighted by molar-refractivity contribution is 6.25. The number of aliphatic carboxylic acids is 1. The third-order valence-corrected chi connectivity index (χ3v) is 10.6. The summed E-state index contributed by atoms with van der Waals surface area (Å²) in [4.78, 5) is 83.3. The molecule has 0 saturated heterocycles. The fourth-order valence-corrected chi connectivity index (χ4v) is 7.84. The van der Waals surface area contributed by atoms with Gasteiger partial charge in [0.2, 0.25) is 11.7 Å². The van der Waals surface area contributed by atoms with Crippen LogP contribution in [-0.2, 0) is 30.3 Å². The number of phenolic OH excluding ortho intramolecular Hbond substituents is 1. The summed E-state index contributed by atoms with van der Waals surface area (Å²) in [6.07, 6.45) is 0.261. The summed E-state index contributed by atoms with van der Waals surface area (Å²) in [5, 5.41) is 58.5. The van der Waals surface area contributed by atoms with Crippen molar-refractivity contribution < 1.29 is 59.0 Å². The summed E-state index contributed by atoms with van der Waals surface area (Å²) >= 11 is 0. The number of phenols is 1. The quantitative estimate of drug-likeness (QED) is 0.104. The van der Waals surface area contributed by atoms with Gasteiger partial charge in [-0.05, 0) is 76.9 Å². The lowest BCUT2D eigenvalue weighted by molar-refractivity contribution is -0.148. The number of nitrogens with zero attached hydrogens (tertiary/aromatic N) is 3. The maximum absolute atomic E-state index is 14.4. The minimum Gasteiger partial charge on any atom is -0.510 e. The molecule has 17 heteroatoms. The molecule has 5 rings (SSSR count). The Bertz CT molecular complexity index is 2150. The van der Waals surface area contributed by atoms with E-state index in [0.29, 0.717) is 16.8 Å². The van der Waals surface area contributed by atoms with Crippen molar-refractivity contribution in [1.29, 1.82) is 0 Å². The number of nitrogens with two attached hydrogens (primary N) is 1. The number of fused-ring (bicyclic) bond motifs is 3. The largest absolute Gasteiger partial charge is 0.510 e.